The van der Waals surface area contributed by atoms with Crippen LogP contribution in [0.4, 0.5) is 4.39 Å². The van der Waals surface area contributed by atoms with E-state index < -0.39 is 58.9 Å². The van der Waals surface area contributed by atoms with Crippen LogP contribution < -0.4 is 10.6 Å². The van der Waals surface area contributed by atoms with E-state index in [2.05, 4.69) is 10.6 Å². The summed E-state index contributed by atoms with van der Waals surface area (Å²) in [6.07, 6.45) is -0.293. The molecule has 0 spiro atoms. The van der Waals surface area contributed by atoms with Crippen molar-refractivity contribution in [1.82, 2.24) is 10.6 Å². The number of amides is 1. The Morgan fingerprint density at radius 3 is 2.62 bits per heavy atom. The molecule has 10 heteroatoms. The maximum Gasteiger partial charge on any atom is 0.237 e. The molecule has 0 aromatic heterocycles. The average molecular weight is 455 g/mol. The Balaban J connectivity index is 1.67. The minimum absolute atomic E-state index is 0.0988. The van der Waals surface area contributed by atoms with Gasteiger partial charge in [0, 0.05) is 6.42 Å². The van der Waals surface area contributed by atoms with E-state index in [1.165, 1.54) is 11.8 Å². The zero-order chi connectivity index (χ0) is 21.3. The number of carbonyl (C=O) groups excluding carboxylic acids is 1. The molecule has 2 heterocycles. The lowest BCUT2D eigenvalue weighted by Gasteiger charge is -2.44. The molecule has 0 radical (unpaired) electrons. The summed E-state index contributed by atoms with van der Waals surface area (Å²) in [5.41, 5.74) is -2.11. The van der Waals surface area contributed by atoms with Crippen molar-refractivity contribution in [3.63, 3.8) is 0 Å². The van der Waals surface area contributed by atoms with E-state index in [0.717, 1.165) is 12.8 Å². The number of halogens is 2. The summed E-state index contributed by atoms with van der Waals surface area (Å²) in [5, 5.41) is 35.9. The summed E-state index contributed by atoms with van der Waals surface area (Å²) >= 11 is 7.47. The van der Waals surface area contributed by atoms with E-state index in [9.17, 15) is 20.1 Å². The summed E-state index contributed by atoms with van der Waals surface area (Å²) in [4.78, 5) is 12.9. The van der Waals surface area contributed by atoms with Crippen LogP contribution in [0.5, 0.6) is 0 Å². The Labute approximate surface area is 180 Å². The molecule has 1 amide bonds. The molecule has 9 unspecified atom stereocenters. The van der Waals surface area contributed by atoms with Crippen LogP contribution in [0.2, 0.25) is 0 Å². The van der Waals surface area contributed by atoms with E-state index in [0.29, 0.717) is 25.3 Å². The largest absolute Gasteiger partial charge is 0.388 e. The predicted octanol–water partition coefficient (Wildman–Crippen LogP) is 0.530. The number of rotatable bonds is 7. The van der Waals surface area contributed by atoms with Gasteiger partial charge >= 0.3 is 0 Å². The zero-order valence-corrected chi connectivity index (χ0v) is 18.3. The molecule has 0 aromatic rings. The van der Waals surface area contributed by atoms with Crippen molar-refractivity contribution in [3.8, 4) is 0 Å². The van der Waals surface area contributed by atoms with Crippen molar-refractivity contribution in [2.45, 2.75) is 92.0 Å². The molecular weight excluding hydrogens is 423 g/mol. The van der Waals surface area contributed by atoms with Gasteiger partial charge in [-0.05, 0) is 38.5 Å². The van der Waals surface area contributed by atoms with E-state index in [1.54, 1.807) is 13.2 Å². The number of piperidine rings is 1. The highest BCUT2D eigenvalue weighted by Gasteiger charge is 2.49. The van der Waals surface area contributed by atoms with Crippen LogP contribution in [-0.2, 0) is 9.53 Å². The van der Waals surface area contributed by atoms with Crippen LogP contribution in [-0.4, -0.2) is 87.0 Å². The lowest BCUT2D eigenvalue weighted by Crippen LogP contribution is -2.65. The number of aliphatic hydroxyl groups is 3. The monoisotopic (exact) mass is 454 g/mol. The van der Waals surface area contributed by atoms with Crippen LogP contribution in [0.15, 0.2) is 0 Å². The third kappa shape index (κ3) is 5.56. The lowest BCUT2D eigenvalue weighted by molar-refractivity contribution is -0.205. The third-order valence-electron chi connectivity index (χ3n) is 6.20. The Bertz CT molecular complexity index is 585. The molecule has 1 saturated carbocycles. The van der Waals surface area contributed by atoms with Gasteiger partial charge in [0.05, 0.1) is 17.5 Å². The van der Waals surface area contributed by atoms with Crippen LogP contribution in [0, 0.1) is 5.92 Å². The number of ether oxygens (including phenoxy) is 1. The number of hydrogen-bond acceptors (Lipinski definition) is 7. The second kappa shape index (κ2) is 9.54. The van der Waals surface area contributed by atoms with Crippen LogP contribution in [0.3, 0.4) is 0 Å². The first-order valence-electron chi connectivity index (χ1n) is 10.2. The van der Waals surface area contributed by atoms with Crippen molar-refractivity contribution in [3.05, 3.63) is 0 Å². The number of thioether (sulfide) groups is 1. The lowest BCUT2D eigenvalue weighted by atomic mass is 9.84. The minimum Gasteiger partial charge on any atom is -0.388 e. The molecule has 1 aliphatic carbocycles. The third-order valence-corrected chi connectivity index (χ3v) is 7.32. The Kier molecular flexibility index (Phi) is 7.73. The Hall–Kier alpha value is -0.160. The number of hydrogen-bond donors (Lipinski definition) is 5. The van der Waals surface area contributed by atoms with Crippen molar-refractivity contribution >= 4 is 29.3 Å². The summed E-state index contributed by atoms with van der Waals surface area (Å²) in [6, 6.07) is -1.52. The van der Waals surface area contributed by atoms with E-state index in [4.69, 9.17) is 16.3 Å². The van der Waals surface area contributed by atoms with Gasteiger partial charge in [0.2, 0.25) is 5.91 Å². The summed E-state index contributed by atoms with van der Waals surface area (Å²) < 4.78 is 21.0. The van der Waals surface area contributed by atoms with Gasteiger partial charge in [-0.2, -0.15) is 0 Å². The second-order valence-electron chi connectivity index (χ2n) is 8.65. The van der Waals surface area contributed by atoms with Gasteiger partial charge in [0.25, 0.3) is 0 Å². The first-order valence-corrected chi connectivity index (χ1v) is 12.0. The molecule has 3 fully saturated rings. The molecule has 0 aromatic carbocycles. The fourth-order valence-corrected chi connectivity index (χ4v) is 5.19. The molecule has 2 aliphatic heterocycles. The van der Waals surface area contributed by atoms with E-state index in [1.807, 2.05) is 0 Å². The SMILES string of the molecule is CSC1OC(C(NC(=O)C2CC(F)(CC3CC3)CCN2)C(C)Cl)C(O)C(O)C1O. The van der Waals surface area contributed by atoms with Crippen molar-refractivity contribution in [2.24, 2.45) is 5.92 Å². The predicted molar refractivity (Wildman–Crippen MR) is 110 cm³/mol. The van der Waals surface area contributed by atoms with Crippen LogP contribution in [0.1, 0.15) is 39.0 Å². The topological polar surface area (TPSA) is 111 Å². The van der Waals surface area contributed by atoms with Crippen molar-refractivity contribution < 1.29 is 29.2 Å². The fourth-order valence-electron chi connectivity index (χ4n) is 4.31. The molecule has 5 N–H and O–H groups in total. The van der Waals surface area contributed by atoms with Gasteiger partial charge in [-0.25, -0.2) is 4.39 Å². The van der Waals surface area contributed by atoms with Gasteiger partial charge in [0.1, 0.15) is 35.5 Å². The smallest absolute Gasteiger partial charge is 0.237 e. The first kappa shape index (κ1) is 23.5. The zero-order valence-electron chi connectivity index (χ0n) is 16.8. The fraction of sp³-hybridized carbons (Fsp3) is 0.947. The van der Waals surface area contributed by atoms with Crippen molar-refractivity contribution in [2.75, 3.05) is 12.8 Å². The van der Waals surface area contributed by atoms with Gasteiger partial charge < -0.3 is 30.7 Å². The van der Waals surface area contributed by atoms with Gasteiger partial charge in [0.15, 0.2) is 0 Å². The minimum atomic E-state index is -1.43. The molecule has 29 heavy (non-hydrogen) atoms. The molecule has 7 nitrogen and oxygen atoms in total. The number of alkyl halides is 2. The highest BCUT2D eigenvalue weighted by atomic mass is 35.5. The highest BCUT2D eigenvalue weighted by molar-refractivity contribution is 7.99. The molecular formula is C19H32ClFN2O5S. The average Bonchev–Trinajstić information content (AvgIpc) is 3.48. The van der Waals surface area contributed by atoms with E-state index >= 15 is 4.39 Å². The summed E-state index contributed by atoms with van der Waals surface area (Å²) in [7, 11) is 0. The number of aliphatic hydroxyl groups excluding tert-OH is 3. The number of carbonyl (C=O) groups is 1. The molecule has 168 valence electrons. The van der Waals surface area contributed by atoms with Gasteiger partial charge in [-0.3, -0.25) is 4.79 Å². The summed E-state index contributed by atoms with van der Waals surface area (Å²) in [5.74, 6) is 0.0248. The van der Waals surface area contributed by atoms with Crippen molar-refractivity contribution in [1.29, 1.82) is 0 Å². The van der Waals surface area contributed by atoms with E-state index in [-0.39, 0.29) is 6.42 Å². The quantitative estimate of drug-likeness (QED) is 0.357. The normalized spacial score (nSPS) is 42.9. The molecule has 2 saturated heterocycles. The first-order chi connectivity index (χ1) is 13.6. The van der Waals surface area contributed by atoms with Gasteiger partial charge in [-0.1, -0.05) is 12.8 Å². The summed E-state index contributed by atoms with van der Waals surface area (Å²) in [6.45, 7) is 2.07. The maximum absolute atomic E-state index is 15.2. The highest BCUT2D eigenvalue weighted by Crippen LogP contribution is 2.42. The van der Waals surface area contributed by atoms with Gasteiger partial charge in [-0.15, -0.1) is 23.4 Å². The Morgan fingerprint density at radius 2 is 2.03 bits per heavy atom. The molecule has 3 rings (SSSR count). The molecule has 3 aliphatic rings. The Morgan fingerprint density at radius 1 is 1.34 bits per heavy atom. The molecule has 0 bridgehead atoms. The molecule has 9 atom stereocenters. The maximum atomic E-state index is 15.2. The number of nitrogens with one attached hydrogen (secondary N) is 2. The second-order valence-corrected chi connectivity index (χ2v) is 10.3. The standard InChI is InChI=1S/C19H32ClFN2O5S/c1-9(20)12(16-14(25)13(24)15(26)18(28-16)29-2)23-17(27)11-8-19(21,5-6-22-11)7-10-3-4-10/h9-16,18,22,24-26H,3-8H2,1-2H3,(H,23,27). The van der Waals surface area contributed by atoms with Crippen LogP contribution in [0.25, 0.3) is 0 Å². The van der Waals surface area contributed by atoms with Crippen LogP contribution >= 0.6 is 23.4 Å².